The number of carboxylic acid groups (broad SMARTS) is 1. The second kappa shape index (κ2) is 8.01. The molecule has 1 aliphatic rings. The Labute approximate surface area is 151 Å². The summed E-state index contributed by atoms with van der Waals surface area (Å²) < 4.78 is 11.1. The number of hydrogen-bond acceptors (Lipinski definition) is 4. The highest BCUT2D eigenvalue weighted by Crippen LogP contribution is 2.23. The molecule has 0 unspecified atom stereocenters. The van der Waals surface area contributed by atoms with Crippen LogP contribution in [0.4, 0.5) is 5.69 Å². The molecule has 26 heavy (non-hydrogen) atoms. The molecule has 136 valence electrons. The number of aryl methyl sites for hydroxylation is 1. The number of ether oxygens (including phenoxy) is 2. The van der Waals surface area contributed by atoms with Crippen LogP contribution in [0, 0.1) is 6.92 Å². The van der Waals surface area contributed by atoms with Gasteiger partial charge >= 0.3 is 5.97 Å². The first-order chi connectivity index (χ1) is 12.5. The maximum absolute atomic E-state index is 12.2. The molecule has 0 saturated carbocycles. The summed E-state index contributed by atoms with van der Waals surface area (Å²) in [7, 11) is 0. The Morgan fingerprint density at radius 1 is 1.15 bits per heavy atom. The SMILES string of the molecule is Cc1ccccc1COc1cccc(NC(=O)[C@@H]2CC[C@H](C(=O)O)O2)c1. The second-order valence-corrected chi connectivity index (χ2v) is 6.26. The number of nitrogens with one attached hydrogen (secondary N) is 1. The number of hydrogen-bond donors (Lipinski definition) is 2. The van der Waals surface area contributed by atoms with Crippen LogP contribution in [-0.4, -0.2) is 29.2 Å². The quantitative estimate of drug-likeness (QED) is 0.831. The number of amides is 1. The van der Waals surface area contributed by atoms with Crippen molar-refractivity contribution in [3.8, 4) is 5.75 Å². The van der Waals surface area contributed by atoms with Gasteiger partial charge in [0.2, 0.25) is 0 Å². The third-order valence-electron chi connectivity index (χ3n) is 4.34. The molecule has 1 fully saturated rings. The fourth-order valence-corrected chi connectivity index (χ4v) is 2.83. The molecule has 2 atom stereocenters. The van der Waals surface area contributed by atoms with E-state index >= 15 is 0 Å². The van der Waals surface area contributed by atoms with Crippen molar-refractivity contribution in [2.75, 3.05) is 5.32 Å². The number of carbonyl (C=O) groups is 2. The minimum atomic E-state index is -1.04. The van der Waals surface area contributed by atoms with E-state index in [1.54, 1.807) is 18.2 Å². The monoisotopic (exact) mass is 355 g/mol. The Bertz CT molecular complexity index is 804. The molecule has 1 saturated heterocycles. The lowest BCUT2D eigenvalue weighted by molar-refractivity contribution is -0.150. The highest BCUT2D eigenvalue weighted by atomic mass is 16.5. The van der Waals surface area contributed by atoms with Gasteiger partial charge in [0.25, 0.3) is 5.91 Å². The van der Waals surface area contributed by atoms with Gasteiger partial charge in [-0.2, -0.15) is 0 Å². The molecule has 0 aliphatic carbocycles. The van der Waals surface area contributed by atoms with Gasteiger partial charge in [0.15, 0.2) is 6.10 Å². The maximum atomic E-state index is 12.2. The lowest BCUT2D eigenvalue weighted by Crippen LogP contribution is -2.29. The summed E-state index contributed by atoms with van der Waals surface area (Å²) in [5.41, 5.74) is 2.84. The number of carbonyl (C=O) groups excluding carboxylic acids is 1. The van der Waals surface area contributed by atoms with Crippen molar-refractivity contribution in [1.29, 1.82) is 0 Å². The number of aliphatic carboxylic acids is 1. The van der Waals surface area contributed by atoms with Crippen LogP contribution in [0.3, 0.4) is 0 Å². The number of anilines is 1. The standard InChI is InChI=1S/C20H21NO5/c1-13-5-2-3-6-14(13)12-25-16-8-4-7-15(11-16)21-19(22)17-9-10-18(26-17)20(23)24/h2-8,11,17-18H,9-10,12H2,1H3,(H,21,22)(H,23,24)/t17-,18+/m0/s1. The van der Waals surface area contributed by atoms with Gasteiger partial charge in [0.1, 0.15) is 18.5 Å². The molecule has 0 spiro atoms. The zero-order valence-corrected chi connectivity index (χ0v) is 14.5. The Kier molecular flexibility index (Phi) is 5.53. The van der Waals surface area contributed by atoms with Gasteiger partial charge in [-0.1, -0.05) is 30.3 Å². The third kappa shape index (κ3) is 4.40. The normalized spacial score (nSPS) is 19.1. The van der Waals surface area contributed by atoms with Crippen LogP contribution in [0.2, 0.25) is 0 Å². The van der Waals surface area contributed by atoms with Crippen molar-refractivity contribution >= 4 is 17.6 Å². The van der Waals surface area contributed by atoms with Crippen LogP contribution in [0.5, 0.6) is 5.75 Å². The summed E-state index contributed by atoms with van der Waals surface area (Å²) in [4.78, 5) is 23.2. The van der Waals surface area contributed by atoms with Crippen LogP contribution in [0.15, 0.2) is 48.5 Å². The molecular weight excluding hydrogens is 334 g/mol. The molecule has 0 radical (unpaired) electrons. The van der Waals surface area contributed by atoms with Crippen molar-refractivity contribution in [2.45, 2.75) is 38.6 Å². The Morgan fingerprint density at radius 3 is 2.65 bits per heavy atom. The van der Waals surface area contributed by atoms with Gasteiger partial charge in [-0.3, -0.25) is 4.79 Å². The lowest BCUT2D eigenvalue weighted by Gasteiger charge is -2.13. The first-order valence-electron chi connectivity index (χ1n) is 8.49. The number of carboxylic acids is 1. The first kappa shape index (κ1) is 17.9. The van der Waals surface area contributed by atoms with E-state index in [1.165, 1.54) is 0 Å². The fraction of sp³-hybridized carbons (Fsp3) is 0.300. The molecule has 0 bridgehead atoms. The van der Waals surface area contributed by atoms with Crippen LogP contribution >= 0.6 is 0 Å². The predicted octanol–water partition coefficient (Wildman–Crippen LogP) is 3.14. The molecule has 1 amide bonds. The minimum Gasteiger partial charge on any atom is -0.489 e. The van der Waals surface area contributed by atoms with E-state index in [0.29, 0.717) is 30.9 Å². The second-order valence-electron chi connectivity index (χ2n) is 6.26. The van der Waals surface area contributed by atoms with E-state index < -0.39 is 18.2 Å². The predicted molar refractivity (Wildman–Crippen MR) is 96.1 cm³/mol. The summed E-state index contributed by atoms with van der Waals surface area (Å²) in [5, 5.41) is 11.7. The van der Waals surface area contributed by atoms with Crippen LogP contribution < -0.4 is 10.1 Å². The average Bonchev–Trinajstić information content (AvgIpc) is 3.12. The molecule has 1 aliphatic heterocycles. The van der Waals surface area contributed by atoms with Crippen molar-refractivity contribution in [1.82, 2.24) is 0 Å². The van der Waals surface area contributed by atoms with Gasteiger partial charge in [-0.25, -0.2) is 4.79 Å². The third-order valence-corrected chi connectivity index (χ3v) is 4.34. The van der Waals surface area contributed by atoms with E-state index in [-0.39, 0.29) is 5.91 Å². The van der Waals surface area contributed by atoms with E-state index in [2.05, 4.69) is 5.32 Å². The lowest BCUT2D eigenvalue weighted by atomic mass is 10.1. The van der Waals surface area contributed by atoms with Gasteiger partial charge in [-0.15, -0.1) is 0 Å². The summed E-state index contributed by atoms with van der Waals surface area (Å²) >= 11 is 0. The van der Waals surface area contributed by atoms with Crippen LogP contribution in [0.25, 0.3) is 0 Å². The van der Waals surface area contributed by atoms with E-state index in [9.17, 15) is 9.59 Å². The zero-order chi connectivity index (χ0) is 18.5. The largest absolute Gasteiger partial charge is 0.489 e. The highest BCUT2D eigenvalue weighted by molar-refractivity contribution is 5.94. The van der Waals surface area contributed by atoms with Crippen molar-refractivity contribution in [3.63, 3.8) is 0 Å². The van der Waals surface area contributed by atoms with Crippen LogP contribution in [-0.2, 0) is 20.9 Å². The van der Waals surface area contributed by atoms with Gasteiger partial charge in [0, 0.05) is 11.8 Å². The molecular formula is C20H21NO5. The average molecular weight is 355 g/mol. The zero-order valence-electron chi connectivity index (χ0n) is 14.5. The van der Waals surface area contributed by atoms with E-state index in [4.69, 9.17) is 14.6 Å². The van der Waals surface area contributed by atoms with Crippen molar-refractivity contribution in [3.05, 3.63) is 59.7 Å². The van der Waals surface area contributed by atoms with Crippen LogP contribution in [0.1, 0.15) is 24.0 Å². The molecule has 3 rings (SSSR count). The molecule has 0 aromatic heterocycles. The van der Waals surface area contributed by atoms with Crippen molar-refractivity contribution < 1.29 is 24.2 Å². The molecule has 1 heterocycles. The van der Waals surface area contributed by atoms with Crippen molar-refractivity contribution in [2.24, 2.45) is 0 Å². The highest BCUT2D eigenvalue weighted by Gasteiger charge is 2.34. The summed E-state index contributed by atoms with van der Waals surface area (Å²) in [6.45, 7) is 2.47. The molecule has 2 N–H and O–H groups in total. The van der Waals surface area contributed by atoms with E-state index in [0.717, 1.165) is 11.1 Å². The Balaban J connectivity index is 1.58. The Hall–Kier alpha value is -2.86. The molecule has 2 aromatic carbocycles. The molecule has 6 nitrogen and oxygen atoms in total. The summed E-state index contributed by atoms with van der Waals surface area (Å²) in [5.74, 6) is -0.737. The topological polar surface area (TPSA) is 84.9 Å². The molecule has 2 aromatic rings. The van der Waals surface area contributed by atoms with Gasteiger partial charge in [-0.05, 0) is 43.0 Å². The first-order valence-corrected chi connectivity index (χ1v) is 8.49. The number of benzene rings is 2. The summed E-state index contributed by atoms with van der Waals surface area (Å²) in [6, 6.07) is 15.1. The molecule has 6 heteroatoms. The minimum absolute atomic E-state index is 0.340. The smallest absolute Gasteiger partial charge is 0.332 e. The number of rotatable bonds is 6. The Morgan fingerprint density at radius 2 is 1.92 bits per heavy atom. The van der Waals surface area contributed by atoms with Gasteiger partial charge in [0.05, 0.1) is 0 Å². The summed E-state index contributed by atoms with van der Waals surface area (Å²) in [6.07, 6.45) is -0.915. The fourth-order valence-electron chi connectivity index (χ4n) is 2.83. The van der Waals surface area contributed by atoms with Gasteiger partial charge < -0.3 is 19.9 Å². The maximum Gasteiger partial charge on any atom is 0.332 e. The van der Waals surface area contributed by atoms with E-state index in [1.807, 2.05) is 37.3 Å².